The minimum atomic E-state index is -0.936. The first-order valence-electron chi connectivity index (χ1n) is 9.01. The van der Waals surface area contributed by atoms with Crippen LogP contribution >= 0.6 is 11.8 Å². The van der Waals surface area contributed by atoms with Crippen molar-refractivity contribution < 1.29 is 23.9 Å². The van der Waals surface area contributed by atoms with Crippen LogP contribution in [0.5, 0.6) is 5.75 Å². The van der Waals surface area contributed by atoms with E-state index in [1.165, 1.54) is 18.7 Å². The predicted molar refractivity (Wildman–Crippen MR) is 107 cm³/mol. The zero-order valence-corrected chi connectivity index (χ0v) is 16.5. The van der Waals surface area contributed by atoms with Crippen molar-refractivity contribution in [1.29, 1.82) is 0 Å². The van der Waals surface area contributed by atoms with Gasteiger partial charge < -0.3 is 14.8 Å². The van der Waals surface area contributed by atoms with Crippen LogP contribution in [-0.2, 0) is 14.3 Å². The summed E-state index contributed by atoms with van der Waals surface area (Å²) in [5.41, 5.74) is 1.17. The van der Waals surface area contributed by atoms with Crippen LogP contribution in [0.15, 0.2) is 53.4 Å². The third-order valence-electron chi connectivity index (χ3n) is 4.19. The molecule has 0 saturated heterocycles. The second-order valence-corrected chi connectivity index (χ2v) is 7.49. The summed E-state index contributed by atoms with van der Waals surface area (Å²) in [5.74, 6) is -0.461. The molecule has 2 aromatic rings. The lowest BCUT2D eigenvalue weighted by Gasteiger charge is -2.23. The number of nitrogens with one attached hydrogen (secondary N) is 1. The number of carbonyl (C=O) groups is 3. The second kappa shape index (κ2) is 8.93. The summed E-state index contributed by atoms with van der Waals surface area (Å²) in [5, 5.41) is 2.20. The first kappa shape index (κ1) is 19.9. The van der Waals surface area contributed by atoms with E-state index in [0.29, 0.717) is 17.9 Å². The molecule has 28 heavy (non-hydrogen) atoms. The maximum absolute atomic E-state index is 12.5. The van der Waals surface area contributed by atoms with Gasteiger partial charge in [-0.15, -0.1) is 11.8 Å². The van der Waals surface area contributed by atoms with E-state index in [1.807, 2.05) is 31.2 Å². The number of ether oxygens (including phenoxy) is 2. The van der Waals surface area contributed by atoms with Crippen LogP contribution in [-0.4, -0.2) is 35.6 Å². The number of carbonyl (C=O) groups excluding carboxylic acids is 3. The Hall–Kier alpha value is -2.80. The van der Waals surface area contributed by atoms with Crippen LogP contribution in [0.3, 0.4) is 0 Å². The summed E-state index contributed by atoms with van der Waals surface area (Å²) in [6, 6.07) is 14.1. The third-order valence-corrected chi connectivity index (χ3v) is 5.46. The highest BCUT2D eigenvalue weighted by molar-refractivity contribution is 8.01. The Morgan fingerprint density at radius 1 is 1.14 bits per heavy atom. The van der Waals surface area contributed by atoms with Crippen molar-refractivity contribution in [3.05, 3.63) is 54.1 Å². The lowest BCUT2D eigenvalue weighted by atomic mass is 10.1. The number of fused-ring (bicyclic) bond motifs is 1. The quantitative estimate of drug-likeness (QED) is 0.565. The summed E-state index contributed by atoms with van der Waals surface area (Å²) in [6.45, 7) is 3.95. The Morgan fingerprint density at radius 3 is 2.57 bits per heavy atom. The van der Waals surface area contributed by atoms with E-state index in [-0.39, 0.29) is 18.1 Å². The zero-order valence-electron chi connectivity index (χ0n) is 15.6. The molecule has 1 aliphatic heterocycles. The maximum atomic E-state index is 12.5. The van der Waals surface area contributed by atoms with Crippen molar-refractivity contribution >= 4 is 35.1 Å². The number of para-hydroxylation sites is 1. The van der Waals surface area contributed by atoms with Gasteiger partial charge in [0.2, 0.25) is 11.7 Å². The Morgan fingerprint density at radius 2 is 1.86 bits per heavy atom. The van der Waals surface area contributed by atoms with Crippen molar-refractivity contribution in [2.75, 3.05) is 11.9 Å². The molecule has 0 aliphatic carbocycles. The first-order valence-corrected chi connectivity index (χ1v) is 9.89. The maximum Gasteiger partial charge on any atom is 0.308 e. The molecule has 0 radical (unpaired) electrons. The molecular formula is C21H21NO5S. The average molecular weight is 399 g/mol. The average Bonchev–Trinajstić information content (AvgIpc) is 2.68. The van der Waals surface area contributed by atoms with E-state index in [0.717, 1.165) is 10.6 Å². The number of amides is 1. The van der Waals surface area contributed by atoms with E-state index in [9.17, 15) is 14.4 Å². The summed E-state index contributed by atoms with van der Waals surface area (Å²) in [7, 11) is 0. The topological polar surface area (TPSA) is 81.7 Å². The van der Waals surface area contributed by atoms with Gasteiger partial charge in [0.05, 0.1) is 24.0 Å². The van der Waals surface area contributed by atoms with Gasteiger partial charge in [-0.2, -0.15) is 0 Å². The Kier molecular flexibility index (Phi) is 6.36. The van der Waals surface area contributed by atoms with Gasteiger partial charge in [0, 0.05) is 10.5 Å². The number of benzene rings is 2. The highest BCUT2D eigenvalue weighted by Gasteiger charge is 2.30. The van der Waals surface area contributed by atoms with E-state index in [2.05, 4.69) is 5.32 Å². The van der Waals surface area contributed by atoms with Gasteiger partial charge in [-0.25, -0.2) is 0 Å². The molecule has 7 heteroatoms. The Labute approximate surface area is 167 Å². The third kappa shape index (κ3) is 4.72. The normalized spacial score (nSPS) is 16.5. The molecule has 1 heterocycles. The number of hydrogen-bond acceptors (Lipinski definition) is 6. The smallest absolute Gasteiger partial charge is 0.308 e. The molecule has 2 atom stereocenters. The molecule has 0 bridgehead atoms. The van der Waals surface area contributed by atoms with Gasteiger partial charge >= 0.3 is 5.97 Å². The van der Waals surface area contributed by atoms with Crippen molar-refractivity contribution in [2.45, 2.75) is 36.5 Å². The summed E-state index contributed by atoms with van der Waals surface area (Å²) in [4.78, 5) is 37.8. The highest BCUT2D eigenvalue weighted by atomic mass is 32.2. The number of thioether (sulfide) groups is 1. The largest absolute Gasteiger partial charge is 0.494 e. The fourth-order valence-corrected chi connectivity index (χ4v) is 3.89. The van der Waals surface area contributed by atoms with Gasteiger partial charge in [-0.3, -0.25) is 14.4 Å². The number of esters is 1. The lowest BCUT2D eigenvalue weighted by molar-refractivity contribution is -0.147. The van der Waals surface area contributed by atoms with E-state index >= 15 is 0 Å². The van der Waals surface area contributed by atoms with Crippen LogP contribution in [0, 0.1) is 0 Å². The first-order chi connectivity index (χ1) is 13.5. The minimum absolute atomic E-state index is 0.105. The molecular weight excluding hydrogens is 378 g/mol. The van der Waals surface area contributed by atoms with Crippen LogP contribution in [0.2, 0.25) is 0 Å². The van der Waals surface area contributed by atoms with Crippen molar-refractivity contribution in [1.82, 2.24) is 0 Å². The van der Waals surface area contributed by atoms with Crippen LogP contribution < -0.4 is 10.1 Å². The number of anilines is 1. The van der Waals surface area contributed by atoms with E-state index in [4.69, 9.17) is 9.47 Å². The van der Waals surface area contributed by atoms with Crippen LogP contribution in [0.1, 0.15) is 30.6 Å². The van der Waals surface area contributed by atoms with Gasteiger partial charge in [0.25, 0.3) is 0 Å². The standard InChI is InChI=1S/C21H21NO5S/c1-3-26-15-10-8-14(9-11-15)20(24)13(2)27-19(23)12-18-21(25)22-16-6-4-5-7-17(16)28-18/h4-11,13,18H,3,12H2,1-2H3,(H,22,25)/t13-,18+/m0/s1. The summed E-state index contributed by atoms with van der Waals surface area (Å²) >= 11 is 1.32. The molecule has 1 N–H and O–H groups in total. The van der Waals surface area contributed by atoms with Gasteiger partial charge in [0.15, 0.2) is 6.10 Å². The van der Waals surface area contributed by atoms with Crippen LogP contribution in [0.25, 0.3) is 0 Å². The molecule has 0 saturated carbocycles. The van der Waals surface area contributed by atoms with Gasteiger partial charge in [-0.05, 0) is 50.2 Å². The number of rotatable bonds is 7. The molecule has 0 fully saturated rings. The van der Waals surface area contributed by atoms with E-state index in [1.54, 1.807) is 24.3 Å². The summed E-state index contributed by atoms with van der Waals surface area (Å²) in [6.07, 6.45) is -1.04. The van der Waals surface area contributed by atoms with Crippen LogP contribution in [0.4, 0.5) is 5.69 Å². The molecule has 1 amide bonds. The monoisotopic (exact) mass is 399 g/mol. The number of hydrogen-bond donors (Lipinski definition) is 1. The lowest BCUT2D eigenvalue weighted by Crippen LogP contribution is -2.33. The fourth-order valence-electron chi connectivity index (χ4n) is 2.79. The van der Waals surface area contributed by atoms with Crippen molar-refractivity contribution in [3.8, 4) is 5.75 Å². The highest BCUT2D eigenvalue weighted by Crippen LogP contribution is 2.36. The van der Waals surface area contributed by atoms with Gasteiger partial charge in [0.1, 0.15) is 5.75 Å². The molecule has 1 aliphatic rings. The number of Topliss-reactive ketones (excluding diaryl/α,β-unsaturated/α-hetero) is 1. The van der Waals surface area contributed by atoms with Gasteiger partial charge in [-0.1, -0.05) is 12.1 Å². The molecule has 6 nitrogen and oxygen atoms in total. The molecule has 146 valence electrons. The SMILES string of the molecule is CCOc1ccc(C(=O)[C@H](C)OC(=O)C[C@H]2Sc3ccccc3NC2=O)cc1. The Balaban J connectivity index is 1.57. The van der Waals surface area contributed by atoms with Crippen molar-refractivity contribution in [3.63, 3.8) is 0 Å². The number of ketones is 1. The molecule has 3 rings (SSSR count). The second-order valence-electron chi connectivity index (χ2n) is 6.25. The van der Waals surface area contributed by atoms with Crippen molar-refractivity contribution in [2.24, 2.45) is 0 Å². The summed E-state index contributed by atoms with van der Waals surface area (Å²) < 4.78 is 10.6. The predicted octanol–water partition coefficient (Wildman–Crippen LogP) is 3.70. The molecule has 0 aromatic heterocycles. The molecule has 0 unspecified atom stereocenters. The minimum Gasteiger partial charge on any atom is -0.494 e. The Bertz CT molecular complexity index is 881. The zero-order chi connectivity index (χ0) is 20.1. The fraction of sp³-hybridized carbons (Fsp3) is 0.286. The van der Waals surface area contributed by atoms with E-state index < -0.39 is 17.3 Å². The molecule has 2 aromatic carbocycles. The molecule has 0 spiro atoms.